The van der Waals surface area contributed by atoms with E-state index < -0.39 is 0 Å². The largest absolute Gasteiger partial charge is 0.359 e. The van der Waals surface area contributed by atoms with Gasteiger partial charge in [0.15, 0.2) is 5.76 Å². The molecule has 1 amide bonds. The fourth-order valence-electron chi connectivity index (χ4n) is 3.51. The van der Waals surface area contributed by atoms with Crippen molar-refractivity contribution in [3.05, 3.63) is 65.6 Å². The second-order valence-corrected chi connectivity index (χ2v) is 6.56. The van der Waals surface area contributed by atoms with E-state index in [1.165, 1.54) is 27.9 Å². The molecule has 0 atom stereocenters. The number of aromatic nitrogens is 2. The minimum absolute atomic E-state index is 0.208. The summed E-state index contributed by atoms with van der Waals surface area (Å²) in [5, 5.41) is 9.09. The van der Waals surface area contributed by atoms with Crippen LogP contribution in [-0.4, -0.2) is 15.6 Å². The van der Waals surface area contributed by atoms with E-state index in [9.17, 15) is 4.79 Å². The molecule has 0 saturated carbocycles. The molecule has 1 N–H and O–H groups in total. The molecule has 5 heteroatoms. The first-order valence-corrected chi connectivity index (χ1v) is 9.01. The summed E-state index contributed by atoms with van der Waals surface area (Å²) in [6.45, 7) is 6.64. The number of hydrogen-bond donors (Lipinski definition) is 1. The van der Waals surface area contributed by atoms with E-state index in [0.29, 0.717) is 17.1 Å². The molecule has 0 radical (unpaired) electrons. The lowest BCUT2D eigenvalue weighted by molar-refractivity contribution is -0.111. The third-order valence-electron chi connectivity index (χ3n) is 4.82. The fourth-order valence-corrected chi connectivity index (χ4v) is 3.51. The first-order chi connectivity index (χ1) is 13.1. The van der Waals surface area contributed by atoms with Crippen LogP contribution in [0.5, 0.6) is 0 Å². The molecule has 2 aromatic heterocycles. The van der Waals surface area contributed by atoms with Gasteiger partial charge in [0.2, 0.25) is 5.91 Å². The van der Waals surface area contributed by atoms with Crippen LogP contribution in [0.15, 0.2) is 53.1 Å². The third-order valence-corrected chi connectivity index (χ3v) is 4.82. The maximum atomic E-state index is 12.2. The van der Waals surface area contributed by atoms with Crippen LogP contribution in [0.25, 0.3) is 27.9 Å². The van der Waals surface area contributed by atoms with Crippen molar-refractivity contribution in [1.29, 1.82) is 0 Å². The zero-order chi connectivity index (χ0) is 19.0. The molecule has 2 aromatic carbocycles. The van der Waals surface area contributed by atoms with Gasteiger partial charge in [0.1, 0.15) is 11.4 Å². The molecule has 2 heterocycles. The number of nitrogens with zero attached hydrogens (tertiary/aromatic N) is 2. The Morgan fingerprint density at radius 3 is 2.67 bits per heavy atom. The maximum Gasteiger partial charge on any atom is 0.248 e. The highest BCUT2D eigenvalue weighted by Gasteiger charge is 2.11. The van der Waals surface area contributed by atoms with Crippen molar-refractivity contribution in [2.75, 3.05) is 5.32 Å². The van der Waals surface area contributed by atoms with Crippen molar-refractivity contribution in [2.45, 2.75) is 27.3 Å². The molecule has 0 bridgehead atoms. The summed E-state index contributed by atoms with van der Waals surface area (Å²) in [6.07, 6.45) is 3.36. The van der Waals surface area contributed by atoms with Crippen LogP contribution in [0.3, 0.4) is 0 Å². The normalized spacial score (nSPS) is 11.7. The minimum atomic E-state index is -0.208. The molecule has 0 aliphatic rings. The van der Waals surface area contributed by atoms with E-state index in [2.05, 4.69) is 58.4 Å². The van der Waals surface area contributed by atoms with Gasteiger partial charge in [0.05, 0.1) is 0 Å². The second-order valence-electron chi connectivity index (χ2n) is 6.56. The molecule has 4 aromatic rings. The summed E-state index contributed by atoms with van der Waals surface area (Å²) in [5.41, 5.74) is 4.72. The number of hydrogen-bond acceptors (Lipinski definition) is 3. The van der Waals surface area contributed by atoms with Crippen LogP contribution in [0, 0.1) is 13.8 Å². The number of aryl methyl sites for hydroxylation is 3. The Hall–Kier alpha value is -3.34. The summed E-state index contributed by atoms with van der Waals surface area (Å²) >= 11 is 0. The fraction of sp³-hybridized carbons (Fsp3) is 0.182. The summed E-state index contributed by atoms with van der Waals surface area (Å²) in [4.78, 5) is 12.2. The Labute approximate surface area is 157 Å². The van der Waals surface area contributed by atoms with Crippen LogP contribution in [0.4, 0.5) is 5.69 Å². The van der Waals surface area contributed by atoms with Crippen molar-refractivity contribution in [3.63, 3.8) is 0 Å². The number of rotatable bonds is 4. The van der Waals surface area contributed by atoms with Gasteiger partial charge in [-0.25, -0.2) is 0 Å². The molecule has 0 fully saturated rings. The lowest BCUT2D eigenvalue weighted by Crippen LogP contribution is -2.08. The highest BCUT2D eigenvalue weighted by atomic mass is 16.5. The Bertz CT molecular complexity index is 1160. The number of amides is 1. The molecule has 27 heavy (non-hydrogen) atoms. The monoisotopic (exact) mass is 359 g/mol. The predicted molar refractivity (Wildman–Crippen MR) is 109 cm³/mol. The highest BCUT2D eigenvalue weighted by Crippen LogP contribution is 2.30. The maximum absolute atomic E-state index is 12.2. The predicted octanol–water partition coefficient (Wildman–Crippen LogP) is 5.07. The molecular formula is C22H21N3O2. The van der Waals surface area contributed by atoms with Gasteiger partial charge < -0.3 is 14.4 Å². The number of fused-ring (bicyclic) bond motifs is 3. The quantitative estimate of drug-likeness (QED) is 0.517. The van der Waals surface area contributed by atoms with Crippen LogP contribution in [0.2, 0.25) is 0 Å². The standard InChI is InChI=1S/C22H21N3O2/c1-4-25-19-8-6-5-7-17(19)18-13-16(9-11-20(18)25)10-12-21(26)23-22-14(2)24-27-15(22)3/h5-13H,4H2,1-3H3,(H,23,26)/b12-10+. The summed E-state index contributed by atoms with van der Waals surface area (Å²) in [7, 11) is 0. The highest BCUT2D eigenvalue weighted by molar-refractivity contribution is 6.09. The van der Waals surface area contributed by atoms with Crippen molar-refractivity contribution >= 4 is 39.5 Å². The summed E-state index contributed by atoms with van der Waals surface area (Å²) in [6, 6.07) is 14.7. The zero-order valence-electron chi connectivity index (χ0n) is 15.6. The second kappa shape index (κ2) is 6.76. The third kappa shape index (κ3) is 3.01. The molecule has 4 rings (SSSR count). The van der Waals surface area contributed by atoms with E-state index in [1.807, 2.05) is 12.1 Å². The van der Waals surface area contributed by atoms with Crippen LogP contribution < -0.4 is 5.32 Å². The van der Waals surface area contributed by atoms with Crippen molar-refractivity contribution in [1.82, 2.24) is 9.72 Å². The molecule has 136 valence electrons. The number of anilines is 1. The number of para-hydroxylation sites is 1. The Balaban J connectivity index is 1.65. The van der Waals surface area contributed by atoms with Gasteiger partial charge in [0, 0.05) is 34.4 Å². The summed E-state index contributed by atoms with van der Waals surface area (Å²) in [5.74, 6) is 0.392. The first-order valence-electron chi connectivity index (χ1n) is 9.01. The first kappa shape index (κ1) is 17.1. The van der Waals surface area contributed by atoms with Gasteiger partial charge in [-0.2, -0.15) is 0 Å². The van der Waals surface area contributed by atoms with Gasteiger partial charge >= 0.3 is 0 Å². The molecule has 0 aliphatic carbocycles. The Kier molecular flexibility index (Phi) is 4.28. The van der Waals surface area contributed by atoms with Crippen molar-refractivity contribution in [3.8, 4) is 0 Å². The number of benzene rings is 2. The minimum Gasteiger partial charge on any atom is -0.359 e. The van der Waals surface area contributed by atoms with Gasteiger partial charge in [-0.1, -0.05) is 29.4 Å². The SMILES string of the molecule is CCn1c2ccccc2c2cc(/C=C/C(=O)Nc3c(C)noc3C)ccc21. The van der Waals surface area contributed by atoms with Gasteiger partial charge in [0.25, 0.3) is 0 Å². The smallest absolute Gasteiger partial charge is 0.248 e. The summed E-state index contributed by atoms with van der Waals surface area (Å²) < 4.78 is 7.38. The van der Waals surface area contributed by atoms with E-state index in [4.69, 9.17) is 4.52 Å². The van der Waals surface area contributed by atoms with Crippen molar-refractivity contribution in [2.24, 2.45) is 0 Å². The van der Waals surface area contributed by atoms with E-state index in [0.717, 1.165) is 12.1 Å². The Morgan fingerprint density at radius 1 is 1.15 bits per heavy atom. The van der Waals surface area contributed by atoms with Crippen LogP contribution in [0.1, 0.15) is 23.9 Å². The average Bonchev–Trinajstić information content (AvgIpc) is 3.17. The van der Waals surface area contributed by atoms with E-state index in [1.54, 1.807) is 13.8 Å². The molecule has 0 saturated heterocycles. The number of carbonyl (C=O) groups is 1. The molecule has 0 unspecified atom stereocenters. The Morgan fingerprint density at radius 2 is 1.93 bits per heavy atom. The zero-order valence-corrected chi connectivity index (χ0v) is 15.6. The molecular weight excluding hydrogens is 338 g/mol. The van der Waals surface area contributed by atoms with Crippen molar-refractivity contribution < 1.29 is 9.32 Å². The van der Waals surface area contributed by atoms with Gasteiger partial charge in [-0.3, -0.25) is 4.79 Å². The number of nitrogens with one attached hydrogen (secondary N) is 1. The lowest BCUT2D eigenvalue weighted by atomic mass is 10.1. The van der Waals surface area contributed by atoms with E-state index >= 15 is 0 Å². The number of carbonyl (C=O) groups excluding carboxylic acids is 1. The topological polar surface area (TPSA) is 60.1 Å². The van der Waals surface area contributed by atoms with Gasteiger partial charge in [-0.05, 0) is 50.6 Å². The van der Waals surface area contributed by atoms with Crippen LogP contribution in [-0.2, 0) is 11.3 Å². The molecule has 5 nitrogen and oxygen atoms in total. The molecule has 0 spiro atoms. The van der Waals surface area contributed by atoms with Gasteiger partial charge in [-0.15, -0.1) is 0 Å². The van der Waals surface area contributed by atoms with E-state index in [-0.39, 0.29) is 5.91 Å². The average molecular weight is 359 g/mol. The van der Waals surface area contributed by atoms with Crippen LogP contribution >= 0.6 is 0 Å². The molecule has 0 aliphatic heterocycles. The lowest BCUT2D eigenvalue weighted by Gasteiger charge is -2.03.